The first-order valence-electron chi connectivity index (χ1n) is 6.79. The predicted molar refractivity (Wildman–Crippen MR) is 82.3 cm³/mol. The minimum Gasteiger partial charge on any atom is -0.464 e. The molecule has 1 fully saturated rings. The molecule has 0 radical (unpaired) electrons. The van der Waals surface area contributed by atoms with Gasteiger partial charge in [-0.15, -0.1) is 0 Å². The predicted octanol–water partition coefficient (Wildman–Crippen LogP) is 2.26. The number of nitrogens with one attached hydrogen (secondary N) is 1. The molecule has 1 heterocycles. The summed E-state index contributed by atoms with van der Waals surface area (Å²) >= 11 is 6.11. The highest BCUT2D eigenvalue weighted by Gasteiger charge is 2.45. The summed E-state index contributed by atoms with van der Waals surface area (Å²) in [6.07, 6.45) is 0.360. The lowest BCUT2D eigenvalue weighted by molar-refractivity contribution is -0.148. The van der Waals surface area contributed by atoms with E-state index >= 15 is 0 Å². The normalized spacial score (nSPS) is 19.7. The summed E-state index contributed by atoms with van der Waals surface area (Å²) in [5.74, 6) is -0.508. The van der Waals surface area contributed by atoms with Gasteiger partial charge in [-0.1, -0.05) is 23.7 Å². The number of sulfone groups is 1. The summed E-state index contributed by atoms with van der Waals surface area (Å²) in [4.78, 5) is 12.3. The number of esters is 1. The third kappa shape index (κ3) is 3.68. The Morgan fingerprint density at radius 1 is 1.33 bits per heavy atom. The lowest BCUT2D eigenvalue weighted by Gasteiger charge is -2.36. The minimum atomic E-state index is -3.09. The highest BCUT2D eigenvalue weighted by Crippen LogP contribution is 2.32. The fraction of sp³-hybridized carbons (Fsp3) is 0.500. The molecule has 1 aromatic rings. The summed E-state index contributed by atoms with van der Waals surface area (Å²) in [6, 6.07) is 7.05. The lowest BCUT2D eigenvalue weighted by atomic mass is 9.91. The second-order valence-electron chi connectivity index (χ2n) is 5.06. The third-order valence-corrected chi connectivity index (χ3v) is 5.58. The minimum absolute atomic E-state index is 0.0384. The molecule has 2 rings (SSSR count). The molecule has 21 heavy (non-hydrogen) atoms. The van der Waals surface area contributed by atoms with E-state index in [0.29, 0.717) is 10.7 Å². The summed E-state index contributed by atoms with van der Waals surface area (Å²) in [5, 5.41) is 3.60. The van der Waals surface area contributed by atoms with E-state index in [1.807, 2.05) is 0 Å². The number of carbonyl (C=O) groups is 1. The van der Waals surface area contributed by atoms with Crippen LogP contribution >= 0.6 is 11.6 Å². The standard InChI is InChI=1S/C14H18ClNO4S/c1-2-20-13(17)14(7-9-21(18,19)10-8-14)16-12-6-4-3-5-11(12)15/h3-6,16H,2,7-10H2,1H3. The van der Waals surface area contributed by atoms with Crippen LogP contribution in [0.1, 0.15) is 19.8 Å². The van der Waals surface area contributed by atoms with Crippen molar-refractivity contribution in [1.29, 1.82) is 0 Å². The number of hydrogen-bond donors (Lipinski definition) is 1. The van der Waals surface area contributed by atoms with Crippen molar-refractivity contribution in [3.8, 4) is 0 Å². The van der Waals surface area contributed by atoms with Crippen LogP contribution in [0.5, 0.6) is 0 Å². The van der Waals surface area contributed by atoms with Crippen molar-refractivity contribution in [2.45, 2.75) is 25.3 Å². The highest BCUT2D eigenvalue weighted by atomic mass is 35.5. The largest absolute Gasteiger partial charge is 0.464 e. The van der Waals surface area contributed by atoms with Gasteiger partial charge in [0.25, 0.3) is 0 Å². The van der Waals surface area contributed by atoms with Gasteiger partial charge in [-0.2, -0.15) is 0 Å². The monoisotopic (exact) mass is 331 g/mol. The Bertz CT molecular complexity index is 616. The number of benzene rings is 1. The van der Waals surface area contributed by atoms with E-state index < -0.39 is 21.3 Å². The molecule has 1 aromatic carbocycles. The number of para-hydroxylation sites is 1. The highest BCUT2D eigenvalue weighted by molar-refractivity contribution is 7.91. The molecule has 0 aliphatic carbocycles. The van der Waals surface area contributed by atoms with Gasteiger partial charge < -0.3 is 10.1 Å². The van der Waals surface area contributed by atoms with Crippen molar-refractivity contribution in [3.63, 3.8) is 0 Å². The molecule has 1 aliphatic heterocycles. The van der Waals surface area contributed by atoms with Crippen LogP contribution in [0.3, 0.4) is 0 Å². The molecule has 0 bridgehead atoms. The zero-order chi connectivity index (χ0) is 15.5. The quantitative estimate of drug-likeness (QED) is 0.857. The zero-order valence-electron chi connectivity index (χ0n) is 11.8. The molecule has 0 aromatic heterocycles. The number of halogens is 1. The summed E-state index contributed by atoms with van der Waals surface area (Å²) in [6.45, 7) is 1.97. The molecule has 1 saturated heterocycles. The molecule has 0 unspecified atom stereocenters. The average molecular weight is 332 g/mol. The molecule has 1 aliphatic rings. The first kappa shape index (κ1) is 16.1. The number of anilines is 1. The van der Waals surface area contributed by atoms with E-state index in [2.05, 4.69) is 5.32 Å². The van der Waals surface area contributed by atoms with Gasteiger partial charge in [0.1, 0.15) is 5.54 Å². The van der Waals surface area contributed by atoms with Gasteiger partial charge in [-0.25, -0.2) is 13.2 Å². The Hall–Kier alpha value is -1.27. The molecule has 5 nitrogen and oxygen atoms in total. The van der Waals surface area contributed by atoms with E-state index in [-0.39, 0.29) is 31.0 Å². The fourth-order valence-corrected chi connectivity index (χ4v) is 4.06. The van der Waals surface area contributed by atoms with Crippen LogP contribution in [-0.2, 0) is 19.4 Å². The van der Waals surface area contributed by atoms with Crippen LogP contribution in [0.4, 0.5) is 5.69 Å². The maximum Gasteiger partial charge on any atom is 0.331 e. The number of hydrogen-bond acceptors (Lipinski definition) is 5. The van der Waals surface area contributed by atoms with Crippen molar-refractivity contribution in [2.75, 3.05) is 23.4 Å². The Labute approximate surface area is 129 Å². The molecule has 7 heteroatoms. The van der Waals surface area contributed by atoms with Gasteiger partial charge in [0.2, 0.25) is 0 Å². The van der Waals surface area contributed by atoms with Gasteiger partial charge in [-0.3, -0.25) is 0 Å². The first-order chi connectivity index (χ1) is 9.88. The number of rotatable bonds is 4. The molecular formula is C14H18ClNO4S. The van der Waals surface area contributed by atoms with E-state index in [1.165, 1.54) is 0 Å². The van der Waals surface area contributed by atoms with Gasteiger partial charge in [0, 0.05) is 0 Å². The Morgan fingerprint density at radius 2 is 1.95 bits per heavy atom. The first-order valence-corrected chi connectivity index (χ1v) is 8.99. The zero-order valence-corrected chi connectivity index (χ0v) is 13.3. The Balaban J connectivity index is 2.29. The SMILES string of the molecule is CCOC(=O)C1(Nc2ccccc2Cl)CCS(=O)(=O)CC1. The van der Waals surface area contributed by atoms with Crippen molar-refractivity contribution in [1.82, 2.24) is 0 Å². The second-order valence-corrected chi connectivity index (χ2v) is 7.77. The second kappa shape index (κ2) is 6.23. The maximum atomic E-state index is 12.3. The lowest BCUT2D eigenvalue weighted by Crippen LogP contribution is -2.52. The molecular weight excluding hydrogens is 314 g/mol. The molecule has 116 valence electrons. The van der Waals surface area contributed by atoms with Gasteiger partial charge in [0.05, 0.1) is 28.8 Å². The summed E-state index contributed by atoms with van der Waals surface area (Å²) in [5.41, 5.74) is -0.432. The Kier molecular flexibility index (Phi) is 4.78. The summed E-state index contributed by atoms with van der Waals surface area (Å²) in [7, 11) is -3.09. The fourth-order valence-electron chi connectivity index (χ4n) is 2.36. The molecule has 0 amide bonds. The third-order valence-electron chi connectivity index (χ3n) is 3.59. The summed E-state index contributed by atoms with van der Waals surface area (Å²) < 4.78 is 28.4. The van der Waals surface area contributed by atoms with Crippen molar-refractivity contribution in [2.24, 2.45) is 0 Å². The topological polar surface area (TPSA) is 72.5 Å². The van der Waals surface area contributed by atoms with E-state index in [4.69, 9.17) is 16.3 Å². The van der Waals surface area contributed by atoms with Crippen LogP contribution < -0.4 is 5.32 Å². The van der Waals surface area contributed by atoms with Crippen LogP contribution in [0.2, 0.25) is 5.02 Å². The van der Waals surface area contributed by atoms with Crippen molar-refractivity contribution >= 4 is 33.1 Å². The van der Waals surface area contributed by atoms with E-state index in [1.54, 1.807) is 31.2 Å². The van der Waals surface area contributed by atoms with E-state index in [9.17, 15) is 13.2 Å². The van der Waals surface area contributed by atoms with Gasteiger partial charge in [-0.05, 0) is 31.9 Å². The molecule has 1 N–H and O–H groups in total. The van der Waals surface area contributed by atoms with Gasteiger partial charge >= 0.3 is 5.97 Å². The van der Waals surface area contributed by atoms with Crippen molar-refractivity contribution in [3.05, 3.63) is 29.3 Å². The van der Waals surface area contributed by atoms with Crippen LogP contribution in [-0.4, -0.2) is 38.0 Å². The van der Waals surface area contributed by atoms with Crippen LogP contribution in [0.15, 0.2) is 24.3 Å². The maximum absolute atomic E-state index is 12.3. The van der Waals surface area contributed by atoms with Gasteiger partial charge in [0.15, 0.2) is 9.84 Å². The number of ether oxygens (including phenoxy) is 1. The molecule has 0 spiro atoms. The van der Waals surface area contributed by atoms with Crippen LogP contribution in [0.25, 0.3) is 0 Å². The Morgan fingerprint density at radius 3 is 2.52 bits per heavy atom. The number of carbonyl (C=O) groups excluding carboxylic acids is 1. The van der Waals surface area contributed by atoms with Crippen LogP contribution in [0, 0.1) is 0 Å². The molecule has 0 atom stereocenters. The van der Waals surface area contributed by atoms with E-state index in [0.717, 1.165) is 0 Å². The smallest absolute Gasteiger partial charge is 0.331 e. The average Bonchev–Trinajstić information content (AvgIpc) is 2.44. The molecule has 0 saturated carbocycles. The van der Waals surface area contributed by atoms with Crippen molar-refractivity contribution < 1.29 is 17.9 Å².